The molecule has 1 fully saturated rings. The van der Waals surface area contributed by atoms with Gasteiger partial charge in [0.1, 0.15) is 6.61 Å². The molecule has 3 unspecified atom stereocenters. The summed E-state index contributed by atoms with van der Waals surface area (Å²) in [7, 11) is 0. The van der Waals surface area contributed by atoms with Gasteiger partial charge in [0, 0.05) is 18.8 Å². The van der Waals surface area contributed by atoms with Crippen LogP contribution >= 0.6 is 11.6 Å². The zero-order chi connectivity index (χ0) is 14.3. The standard InChI is InChI=1S/C15H18ClN3O/c1-9(2)13-4-12-8-20-14-3-11(16)6-18-15(14)19(12)7-10(13)5-17/h3,6,9-10,12-13H,4,7-8H2,1-2H3. The van der Waals surface area contributed by atoms with E-state index in [-0.39, 0.29) is 5.92 Å². The maximum atomic E-state index is 9.44. The molecule has 2 aliphatic rings. The van der Waals surface area contributed by atoms with Crippen LogP contribution in [0.5, 0.6) is 5.75 Å². The quantitative estimate of drug-likeness (QED) is 0.798. The summed E-state index contributed by atoms with van der Waals surface area (Å²) in [5.74, 6) is 2.55. The number of hydrogen-bond donors (Lipinski definition) is 0. The molecule has 0 radical (unpaired) electrons. The number of anilines is 1. The van der Waals surface area contributed by atoms with Crippen molar-refractivity contribution < 1.29 is 4.74 Å². The largest absolute Gasteiger partial charge is 0.488 e. The van der Waals surface area contributed by atoms with Crippen LogP contribution in [0.1, 0.15) is 20.3 Å². The fourth-order valence-corrected chi connectivity index (χ4v) is 3.46. The lowest BCUT2D eigenvalue weighted by Crippen LogP contribution is -2.53. The van der Waals surface area contributed by atoms with Crippen LogP contribution < -0.4 is 9.64 Å². The van der Waals surface area contributed by atoms with Crippen molar-refractivity contribution in [2.45, 2.75) is 26.3 Å². The Labute approximate surface area is 124 Å². The summed E-state index contributed by atoms with van der Waals surface area (Å²) in [4.78, 5) is 6.63. The van der Waals surface area contributed by atoms with Crippen LogP contribution in [-0.4, -0.2) is 24.2 Å². The second kappa shape index (κ2) is 5.14. The number of aromatic nitrogens is 1. The number of ether oxygens (including phenoxy) is 1. The Hall–Kier alpha value is -1.47. The van der Waals surface area contributed by atoms with Gasteiger partial charge in [0.2, 0.25) is 0 Å². The fourth-order valence-electron chi connectivity index (χ4n) is 3.31. The normalized spacial score (nSPS) is 28.4. The highest BCUT2D eigenvalue weighted by Gasteiger charge is 2.40. The van der Waals surface area contributed by atoms with Crippen LogP contribution in [-0.2, 0) is 0 Å². The maximum absolute atomic E-state index is 9.44. The molecule has 0 amide bonds. The van der Waals surface area contributed by atoms with Gasteiger partial charge in [-0.15, -0.1) is 0 Å². The molecule has 3 rings (SSSR count). The van der Waals surface area contributed by atoms with E-state index in [0.29, 0.717) is 29.5 Å². The van der Waals surface area contributed by atoms with Crippen LogP contribution in [0.25, 0.3) is 0 Å². The van der Waals surface area contributed by atoms with Gasteiger partial charge in [-0.25, -0.2) is 4.98 Å². The minimum atomic E-state index is 0.0506. The highest BCUT2D eigenvalue weighted by molar-refractivity contribution is 6.30. The molecule has 0 spiro atoms. The molecule has 0 saturated carbocycles. The molecule has 0 bridgehead atoms. The summed E-state index contributed by atoms with van der Waals surface area (Å²) in [5, 5.41) is 10.0. The van der Waals surface area contributed by atoms with Gasteiger partial charge in [0.25, 0.3) is 0 Å². The second-order valence-electron chi connectivity index (χ2n) is 5.97. The van der Waals surface area contributed by atoms with Crippen molar-refractivity contribution in [2.75, 3.05) is 18.1 Å². The van der Waals surface area contributed by atoms with Crippen molar-refractivity contribution in [3.8, 4) is 11.8 Å². The number of halogens is 1. The van der Waals surface area contributed by atoms with Gasteiger partial charge in [-0.3, -0.25) is 0 Å². The monoisotopic (exact) mass is 291 g/mol. The third-order valence-corrected chi connectivity index (χ3v) is 4.63. The second-order valence-corrected chi connectivity index (χ2v) is 6.41. The van der Waals surface area contributed by atoms with E-state index in [0.717, 1.165) is 24.5 Å². The van der Waals surface area contributed by atoms with E-state index in [1.54, 1.807) is 12.3 Å². The molecule has 1 aromatic heterocycles. The lowest BCUT2D eigenvalue weighted by Gasteiger charge is -2.46. The van der Waals surface area contributed by atoms with E-state index in [1.807, 2.05) is 0 Å². The summed E-state index contributed by atoms with van der Waals surface area (Å²) >= 11 is 5.96. The van der Waals surface area contributed by atoms with Gasteiger partial charge in [-0.1, -0.05) is 25.4 Å². The van der Waals surface area contributed by atoms with E-state index in [2.05, 4.69) is 29.8 Å². The molecule has 106 valence electrons. The van der Waals surface area contributed by atoms with Crippen LogP contribution in [0.2, 0.25) is 5.02 Å². The van der Waals surface area contributed by atoms with E-state index >= 15 is 0 Å². The summed E-state index contributed by atoms with van der Waals surface area (Å²) in [6.07, 6.45) is 2.63. The van der Waals surface area contributed by atoms with Crippen LogP contribution in [0, 0.1) is 29.1 Å². The SMILES string of the molecule is CC(C)C1CC2COc3cc(Cl)cnc3N2CC1C#N. The minimum Gasteiger partial charge on any atom is -0.488 e. The molecule has 0 N–H and O–H groups in total. The molecule has 20 heavy (non-hydrogen) atoms. The van der Waals surface area contributed by atoms with Crippen molar-refractivity contribution in [3.05, 3.63) is 17.3 Å². The predicted molar refractivity (Wildman–Crippen MR) is 77.9 cm³/mol. The average Bonchev–Trinajstić information content (AvgIpc) is 2.45. The van der Waals surface area contributed by atoms with Gasteiger partial charge in [0.05, 0.1) is 23.1 Å². The van der Waals surface area contributed by atoms with Gasteiger partial charge in [-0.2, -0.15) is 5.26 Å². The minimum absolute atomic E-state index is 0.0506. The number of piperidine rings is 1. The number of rotatable bonds is 1. The Kier molecular flexibility index (Phi) is 3.47. The molecule has 4 nitrogen and oxygen atoms in total. The van der Waals surface area contributed by atoms with Crippen LogP contribution in [0.3, 0.4) is 0 Å². The molecule has 0 aliphatic carbocycles. The summed E-state index contributed by atoms with van der Waals surface area (Å²) in [5.41, 5.74) is 0. The first kappa shape index (κ1) is 13.5. The van der Waals surface area contributed by atoms with Crippen LogP contribution in [0.15, 0.2) is 12.3 Å². The maximum Gasteiger partial charge on any atom is 0.171 e. The van der Waals surface area contributed by atoms with Crippen LogP contribution in [0.4, 0.5) is 5.82 Å². The van der Waals surface area contributed by atoms with E-state index in [1.165, 1.54) is 0 Å². The van der Waals surface area contributed by atoms with Gasteiger partial charge >= 0.3 is 0 Å². The first-order chi connectivity index (χ1) is 9.60. The molecule has 1 saturated heterocycles. The van der Waals surface area contributed by atoms with Gasteiger partial charge < -0.3 is 9.64 Å². The molecule has 3 heterocycles. The number of fused-ring (bicyclic) bond motifs is 3. The first-order valence-corrected chi connectivity index (χ1v) is 7.42. The average molecular weight is 292 g/mol. The molecule has 2 aliphatic heterocycles. The summed E-state index contributed by atoms with van der Waals surface area (Å²) in [6.45, 7) is 5.77. The third-order valence-electron chi connectivity index (χ3n) is 4.42. The van der Waals surface area contributed by atoms with Gasteiger partial charge in [-0.05, 0) is 18.3 Å². The molecule has 1 aromatic rings. The number of nitrogens with zero attached hydrogens (tertiary/aromatic N) is 3. The van der Waals surface area contributed by atoms with Gasteiger partial charge in [0.15, 0.2) is 11.6 Å². The number of hydrogen-bond acceptors (Lipinski definition) is 4. The Morgan fingerprint density at radius 2 is 2.35 bits per heavy atom. The molecular weight excluding hydrogens is 274 g/mol. The van der Waals surface area contributed by atoms with E-state index in [9.17, 15) is 5.26 Å². The smallest absolute Gasteiger partial charge is 0.171 e. The van der Waals surface area contributed by atoms with Crippen molar-refractivity contribution in [2.24, 2.45) is 17.8 Å². The lowest BCUT2D eigenvalue weighted by molar-refractivity contribution is 0.164. The van der Waals surface area contributed by atoms with Crippen molar-refractivity contribution in [1.29, 1.82) is 5.26 Å². The number of nitriles is 1. The van der Waals surface area contributed by atoms with Crippen molar-refractivity contribution in [1.82, 2.24) is 4.98 Å². The fraction of sp³-hybridized carbons (Fsp3) is 0.600. The highest BCUT2D eigenvalue weighted by Crippen LogP contribution is 2.41. The summed E-state index contributed by atoms with van der Waals surface area (Å²) < 4.78 is 5.80. The third kappa shape index (κ3) is 2.20. The first-order valence-electron chi connectivity index (χ1n) is 7.04. The molecule has 5 heteroatoms. The Morgan fingerprint density at radius 1 is 1.55 bits per heavy atom. The Balaban J connectivity index is 1.91. The van der Waals surface area contributed by atoms with E-state index < -0.39 is 0 Å². The van der Waals surface area contributed by atoms with E-state index in [4.69, 9.17) is 16.3 Å². The lowest BCUT2D eigenvalue weighted by atomic mass is 9.76. The molecule has 0 aromatic carbocycles. The van der Waals surface area contributed by atoms with Crippen molar-refractivity contribution >= 4 is 17.4 Å². The Morgan fingerprint density at radius 3 is 3.05 bits per heavy atom. The topological polar surface area (TPSA) is 49.1 Å². The zero-order valence-electron chi connectivity index (χ0n) is 11.7. The summed E-state index contributed by atoms with van der Waals surface area (Å²) in [6, 6.07) is 4.59. The van der Waals surface area contributed by atoms with Crippen molar-refractivity contribution in [3.63, 3.8) is 0 Å². The Bertz CT molecular complexity index is 555. The predicted octanol–water partition coefficient (Wildman–Crippen LogP) is 3.12. The zero-order valence-corrected chi connectivity index (χ0v) is 12.5. The number of pyridine rings is 1. The highest BCUT2D eigenvalue weighted by atomic mass is 35.5. The molecule has 3 atom stereocenters. The molecular formula is C15H18ClN3O.